The Morgan fingerprint density at radius 1 is 1.32 bits per heavy atom. The van der Waals surface area contributed by atoms with E-state index in [0.29, 0.717) is 12.1 Å². The minimum absolute atomic E-state index is 0.164. The van der Waals surface area contributed by atoms with Crippen molar-refractivity contribution in [2.24, 2.45) is 0 Å². The molecule has 0 amide bonds. The zero-order chi connectivity index (χ0) is 14.8. The zero-order valence-corrected chi connectivity index (χ0v) is 10.1. The Bertz CT molecular complexity index is 475. The first-order valence-electron chi connectivity index (χ1n) is 5.07. The van der Waals surface area contributed by atoms with Crippen LogP contribution < -0.4 is 0 Å². The van der Waals surface area contributed by atoms with Crippen LogP contribution in [-0.2, 0) is 11.0 Å². The number of benzene rings is 1. The van der Waals surface area contributed by atoms with E-state index in [4.69, 9.17) is 16.7 Å². The highest BCUT2D eigenvalue weighted by atomic mass is 35.5. The van der Waals surface area contributed by atoms with Crippen molar-refractivity contribution in [3.05, 3.63) is 34.3 Å². The Kier molecular flexibility index (Phi) is 4.78. The van der Waals surface area contributed by atoms with E-state index in [0.717, 1.165) is 6.07 Å². The molecule has 106 valence electrons. The average molecular weight is 299 g/mol. The van der Waals surface area contributed by atoms with Gasteiger partial charge in [0, 0.05) is 10.6 Å². The molecule has 0 aliphatic carbocycles. The van der Waals surface area contributed by atoms with Crippen LogP contribution in [0.1, 0.15) is 23.7 Å². The summed E-state index contributed by atoms with van der Waals surface area (Å²) in [6.45, 7) is 0. The van der Waals surface area contributed by atoms with Crippen molar-refractivity contribution in [3.8, 4) is 0 Å². The third-order valence-electron chi connectivity index (χ3n) is 2.39. The lowest BCUT2D eigenvalue weighted by Crippen LogP contribution is -2.22. The molecule has 0 saturated heterocycles. The highest BCUT2D eigenvalue weighted by Gasteiger charge is 2.32. The molecule has 1 aromatic rings. The van der Waals surface area contributed by atoms with Crippen LogP contribution in [0.5, 0.6) is 0 Å². The van der Waals surface area contributed by atoms with Crippen molar-refractivity contribution >= 4 is 17.6 Å². The number of aliphatic carboxylic acids is 1. The largest absolute Gasteiger partial charge is 0.481 e. The number of hydrogen-bond acceptors (Lipinski definition) is 3. The first-order chi connectivity index (χ1) is 8.62. The molecular weight excluding hydrogens is 289 g/mol. The van der Waals surface area contributed by atoms with E-state index in [1.807, 2.05) is 0 Å². The Labute approximate surface area is 111 Å². The molecule has 0 aromatic heterocycles. The fourth-order valence-electron chi connectivity index (χ4n) is 1.44. The van der Waals surface area contributed by atoms with Gasteiger partial charge < -0.3 is 15.3 Å². The molecule has 0 aliphatic rings. The summed E-state index contributed by atoms with van der Waals surface area (Å²) in [6, 6.07) is 2.20. The highest BCUT2D eigenvalue weighted by molar-refractivity contribution is 6.31. The van der Waals surface area contributed by atoms with Gasteiger partial charge in [0.2, 0.25) is 0 Å². The third-order valence-corrected chi connectivity index (χ3v) is 2.72. The van der Waals surface area contributed by atoms with Crippen LogP contribution in [0.3, 0.4) is 0 Å². The number of carboxylic acids is 1. The number of aliphatic hydroxyl groups excluding tert-OH is 2. The van der Waals surface area contributed by atoms with Gasteiger partial charge >= 0.3 is 12.1 Å². The maximum atomic E-state index is 12.4. The van der Waals surface area contributed by atoms with Crippen molar-refractivity contribution < 1.29 is 33.3 Å². The summed E-state index contributed by atoms with van der Waals surface area (Å²) in [4.78, 5) is 10.4. The molecule has 0 spiro atoms. The number of carboxylic acid groups (broad SMARTS) is 1. The standard InChI is InChI=1S/C11H10ClF3O4/c12-7-3-5(11(13,14)15)1-2-6(7)10(19)8(16)4-9(17)18/h1-3,8,10,16,19H,4H2,(H,17,18). The van der Waals surface area contributed by atoms with Gasteiger partial charge in [0.1, 0.15) is 6.10 Å². The van der Waals surface area contributed by atoms with Crippen molar-refractivity contribution in [1.29, 1.82) is 0 Å². The Morgan fingerprint density at radius 2 is 1.89 bits per heavy atom. The van der Waals surface area contributed by atoms with Gasteiger partial charge in [0.25, 0.3) is 0 Å². The molecule has 0 radical (unpaired) electrons. The molecule has 0 bridgehead atoms. The molecular formula is C11H10ClF3O4. The fraction of sp³-hybridized carbons (Fsp3) is 0.364. The predicted molar refractivity (Wildman–Crippen MR) is 59.7 cm³/mol. The minimum Gasteiger partial charge on any atom is -0.481 e. The molecule has 0 saturated carbocycles. The van der Waals surface area contributed by atoms with E-state index in [9.17, 15) is 28.2 Å². The summed E-state index contributed by atoms with van der Waals surface area (Å²) in [5, 5.41) is 27.1. The highest BCUT2D eigenvalue weighted by Crippen LogP contribution is 2.34. The normalized spacial score (nSPS) is 15.1. The molecule has 8 heteroatoms. The molecule has 0 aliphatic heterocycles. The van der Waals surface area contributed by atoms with Gasteiger partial charge in [-0.25, -0.2) is 0 Å². The van der Waals surface area contributed by atoms with Gasteiger partial charge in [0.05, 0.1) is 18.1 Å². The molecule has 0 heterocycles. The average Bonchev–Trinajstić information content (AvgIpc) is 2.25. The first kappa shape index (κ1) is 15.7. The lowest BCUT2D eigenvalue weighted by molar-refractivity contribution is -0.141. The third kappa shape index (κ3) is 4.09. The van der Waals surface area contributed by atoms with Crippen molar-refractivity contribution in [1.82, 2.24) is 0 Å². The predicted octanol–water partition coefficient (Wildman–Crippen LogP) is 2.23. The second-order valence-electron chi connectivity index (χ2n) is 3.84. The van der Waals surface area contributed by atoms with Gasteiger partial charge in [0.15, 0.2) is 0 Å². The Balaban J connectivity index is 2.99. The maximum absolute atomic E-state index is 12.4. The maximum Gasteiger partial charge on any atom is 0.416 e. The topological polar surface area (TPSA) is 77.8 Å². The van der Waals surface area contributed by atoms with Gasteiger partial charge in [-0.2, -0.15) is 13.2 Å². The quantitative estimate of drug-likeness (QED) is 0.796. The summed E-state index contributed by atoms with van der Waals surface area (Å²) in [5.41, 5.74) is -1.16. The van der Waals surface area contributed by atoms with Crippen LogP contribution in [0.2, 0.25) is 5.02 Å². The van der Waals surface area contributed by atoms with Crippen LogP contribution in [0, 0.1) is 0 Å². The van der Waals surface area contributed by atoms with E-state index < -0.39 is 41.4 Å². The lowest BCUT2D eigenvalue weighted by atomic mass is 10.0. The van der Waals surface area contributed by atoms with Crippen LogP contribution in [0.15, 0.2) is 18.2 Å². The van der Waals surface area contributed by atoms with Crippen LogP contribution >= 0.6 is 11.6 Å². The SMILES string of the molecule is O=C(O)CC(O)C(O)c1ccc(C(F)(F)F)cc1Cl. The van der Waals surface area contributed by atoms with Crippen molar-refractivity contribution in [2.45, 2.75) is 24.8 Å². The molecule has 2 atom stereocenters. The van der Waals surface area contributed by atoms with E-state index in [1.165, 1.54) is 0 Å². The lowest BCUT2D eigenvalue weighted by Gasteiger charge is -2.18. The number of rotatable bonds is 4. The summed E-state index contributed by atoms with van der Waals surface area (Å²) in [7, 11) is 0. The van der Waals surface area contributed by atoms with E-state index >= 15 is 0 Å². The Hall–Kier alpha value is -1.31. The number of carbonyl (C=O) groups is 1. The van der Waals surface area contributed by atoms with E-state index in [2.05, 4.69) is 0 Å². The van der Waals surface area contributed by atoms with Crippen molar-refractivity contribution in [3.63, 3.8) is 0 Å². The number of alkyl halides is 3. The molecule has 2 unspecified atom stereocenters. The van der Waals surface area contributed by atoms with Gasteiger partial charge in [-0.3, -0.25) is 4.79 Å². The van der Waals surface area contributed by atoms with Crippen LogP contribution in [0.25, 0.3) is 0 Å². The van der Waals surface area contributed by atoms with Crippen LogP contribution in [0.4, 0.5) is 13.2 Å². The minimum atomic E-state index is -4.58. The second-order valence-corrected chi connectivity index (χ2v) is 4.25. The summed E-state index contributed by atoms with van der Waals surface area (Å²) in [5.74, 6) is -1.35. The van der Waals surface area contributed by atoms with Crippen LogP contribution in [-0.4, -0.2) is 27.4 Å². The molecule has 0 fully saturated rings. The Morgan fingerprint density at radius 3 is 2.32 bits per heavy atom. The van der Waals surface area contributed by atoms with Gasteiger partial charge in [-0.1, -0.05) is 17.7 Å². The molecule has 1 rings (SSSR count). The summed E-state index contributed by atoms with van der Waals surface area (Å²) in [6.07, 6.45) is -8.66. The molecule has 3 N–H and O–H groups in total. The second kappa shape index (κ2) is 5.77. The smallest absolute Gasteiger partial charge is 0.416 e. The van der Waals surface area contributed by atoms with Crippen molar-refractivity contribution in [2.75, 3.05) is 0 Å². The summed E-state index contributed by atoms with van der Waals surface area (Å²) >= 11 is 5.59. The molecule has 4 nitrogen and oxygen atoms in total. The summed E-state index contributed by atoms with van der Waals surface area (Å²) < 4.78 is 37.1. The zero-order valence-electron chi connectivity index (χ0n) is 9.36. The number of aliphatic hydroxyl groups is 2. The van der Waals surface area contributed by atoms with E-state index in [1.54, 1.807) is 0 Å². The fourth-order valence-corrected chi connectivity index (χ4v) is 1.73. The van der Waals surface area contributed by atoms with E-state index in [-0.39, 0.29) is 5.56 Å². The molecule has 19 heavy (non-hydrogen) atoms. The van der Waals surface area contributed by atoms with Gasteiger partial charge in [-0.15, -0.1) is 0 Å². The first-order valence-corrected chi connectivity index (χ1v) is 5.45. The van der Waals surface area contributed by atoms with Gasteiger partial charge in [-0.05, 0) is 12.1 Å². The monoisotopic (exact) mass is 298 g/mol. The number of halogens is 4. The number of hydrogen-bond donors (Lipinski definition) is 3. The molecule has 1 aromatic carbocycles.